The van der Waals surface area contributed by atoms with Crippen molar-refractivity contribution in [1.29, 1.82) is 0 Å². The first-order valence-electron chi connectivity index (χ1n) is 29.9. The van der Waals surface area contributed by atoms with E-state index in [0.29, 0.717) is 0 Å². The van der Waals surface area contributed by atoms with E-state index in [-0.39, 0.29) is 0 Å². The molecule has 0 spiro atoms. The molecule has 14 aromatic carbocycles. The molecule has 6 aliphatic rings. The van der Waals surface area contributed by atoms with E-state index in [0.717, 1.165) is 22.7 Å². The molecule has 2 atom stereocenters. The molecule has 400 valence electrons. The van der Waals surface area contributed by atoms with Gasteiger partial charge in [0.1, 0.15) is 0 Å². The van der Waals surface area contributed by atoms with Gasteiger partial charge >= 0.3 is 510 Å². The number of fused-ring (bicyclic) bond motifs is 7. The molecule has 0 N–H and O–H groups in total. The summed E-state index contributed by atoms with van der Waals surface area (Å²) in [6.45, 7) is 0. The van der Waals surface area contributed by atoms with Gasteiger partial charge in [-0.05, 0) is 0 Å². The van der Waals surface area contributed by atoms with Crippen LogP contribution in [0.15, 0.2) is 291 Å². The van der Waals surface area contributed by atoms with E-state index in [1.807, 2.05) is 0 Å². The second-order valence-corrected chi connectivity index (χ2v) is 34.4. The fourth-order valence-electron chi connectivity index (χ4n) is 16.2. The molecule has 6 heterocycles. The first-order valence-corrected chi connectivity index (χ1v) is 37.2. The van der Waals surface area contributed by atoms with Gasteiger partial charge in [-0.2, -0.15) is 0 Å². The van der Waals surface area contributed by atoms with E-state index in [4.69, 9.17) is 0 Å². The van der Waals surface area contributed by atoms with Gasteiger partial charge in [-0.3, -0.25) is 0 Å². The maximum absolute atomic E-state index is 3.30. The number of hydrogen-bond donors (Lipinski definition) is 0. The Hall–Kier alpha value is -10.3. The summed E-state index contributed by atoms with van der Waals surface area (Å²) in [7, 11) is 0. The van der Waals surface area contributed by atoms with E-state index in [1.54, 1.807) is 0 Å². The number of hydrogen-bond acceptors (Lipinski definition) is 6. The molecule has 0 radical (unpaired) electrons. The third-order valence-electron chi connectivity index (χ3n) is 19.2. The van der Waals surface area contributed by atoms with Gasteiger partial charge < -0.3 is 0 Å². The minimum atomic E-state index is -3.30. The zero-order valence-corrected chi connectivity index (χ0v) is 51.4. The van der Waals surface area contributed by atoms with Gasteiger partial charge in [0.2, 0.25) is 0 Å². The van der Waals surface area contributed by atoms with Crippen molar-refractivity contribution >= 4 is 190 Å². The van der Waals surface area contributed by atoms with E-state index in [2.05, 4.69) is 321 Å². The van der Waals surface area contributed by atoms with Crippen LogP contribution in [0.4, 0.5) is 102 Å². The summed E-state index contributed by atoms with van der Waals surface area (Å²) in [6.07, 6.45) is 0. The SMILES string of the molecule is c1ccc(N2c3cccc4[c]3[GeH]3[c]5c2cc2ccccc2c5N(c2ccccc2)c2cc5cc6[c]7c(c5c([c]23)N4c2ccccc2)N(c2ccccc2)c2cccc3[c]2[GeH]7[c]2c(cc4ccccc4c2N6c2ccccc2)N3c2ccccc2)cc1. The fraction of sp³-hybridized carbons (Fsp3) is 0. The Morgan fingerprint density at radius 2 is 0.442 bits per heavy atom. The van der Waals surface area contributed by atoms with E-state index in [9.17, 15) is 0 Å². The summed E-state index contributed by atoms with van der Waals surface area (Å²) >= 11 is -6.59. The topological polar surface area (TPSA) is 19.4 Å². The van der Waals surface area contributed by atoms with Gasteiger partial charge in [-0.15, -0.1) is 0 Å². The van der Waals surface area contributed by atoms with Crippen LogP contribution < -0.4 is 55.8 Å². The minimum absolute atomic E-state index is 1.15. The Morgan fingerprint density at radius 1 is 0.186 bits per heavy atom. The molecule has 6 nitrogen and oxygen atoms in total. The van der Waals surface area contributed by atoms with Gasteiger partial charge in [-0.25, -0.2) is 0 Å². The first-order chi connectivity index (χ1) is 42.8. The predicted molar refractivity (Wildman–Crippen MR) is 366 cm³/mol. The van der Waals surface area contributed by atoms with E-state index in [1.165, 1.54) is 138 Å². The van der Waals surface area contributed by atoms with Crippen LogP contribution in [0.5, 0.6) is 0 Å². The van der Waals surface area contributed by atoms with Crippen LogP contribution in [0, 0.1) is 0 Å². The summed E-state index contributed by atoms with van der Waals surface area (Å²) in [5, 5.41) is 7.56. The van der Waals surface area contributed by atoms with Gasteiger partial charge in [-0.1, -0.05) is 0 Å². The monoisotopic (exact) mass is 1220 g/mol. The maximum atomic E-state index is 2.72. The standard InChI is InChI=1S/C78H50Ge2N6/c1-7-27-52(28-8-1)81-60-41-23-43-62-69(60)79-71-64(81)45-49-25-19-21-39-58(49)75(71)85(56-35-15-5-16-36-56)66-47-51-48-67-74-78(68(51)77(73(66)79)83(62)54-31-11-3-12-32-54)84(55-33-13-4-14-34-55)63-44-24-42-61-70(63)80(74)72-65(82(61)53-29-9-2-10-30-53)46-50-26-20-22-40-59(50)76(72)86(67)57-37-17-6-18-38-57/h1-48,79-80H. The average Bonchev–Trinajstić information content (AvgIpc) is 0.680. The first kappa shape index (κ1) is 47.1. The number of rotatable bonds is 6. The van der Waals surface area contributed by atoms with Crippen molar-refractivity contribution < 1.29 is 0 Å². The molecular formula is C78H50Ge2N6. The van der Waals surface area contributed by atoms with Crippen molar-refractivity contribution in [3.63, 3.8) is 0 Å². The number of anilines is 18. The van der Waals surface area contributed by atoms with Crippen molar-refractivity contribution in [3.8, 4) is 0 Å². The molecule has 0 aliphatic carbocycles. The Bertz CT molecular complexity index is 4900. The van der Waals surface area contributed by atoms with E-state index < -0.39 is 28.7 Å². The quantitative estimate of drug-likeness (QED) is 0.153. The van der Waals surface area contributed by atoms with Gasteiger partial charge in [0, 0.05) is 0 Å². The summed E-state index contributed by atoms with van der Waals surface area (Å²) in [4.78, 5) is 16.0. The molecular weight excluding hydrogens is 1170 g/mol. The third-order valence-corrected chi connectivity index (χ3v) is 33.8. The van der Waals surface area contributed by atoms with Crippen LogP contribution in [0.1, 0.15) is 0 Å². The van der Waals surface area contributed by atoms with Crippen LogP contribution >= 0.6 is 0 Å². The second-order valence-electron chi connectivity index (χ2n) is 23.5. The van der Waals surface area contributed by atoms with Crippen molar-refractivity contribution in [3.05, 3.63) is 291 Å². The number of para-hydroxylation sites is 6. The molecule has 0 amide bonds. The van der Waals surface area contributed by atoms with Crippen LogP contribution in [0.3, 0.4) is 0 Å². The molecule has 86 heavy (non-hydrogen) atoms. The summed E-state index contributed by atoms with van der Waals surface area (Å²) < 4.78 is 9.05. The Labute approximate surface area is 506 Å². The second kappa shape index (κ2) is 17.7. The van der Waals surface area contributed by atoms with Crippen LogP contribution in [-0.2, 0) is 0 Å². The molecule has 0 aromatic heterocycles. The molecule has 0 bridgehead atoms. The van der Waals surface area contributed by atoms with Crippen molar-refractivity contribution in [1.82, 2.24) is 0 Å². The molecule has 14 aromatic rings. The average molecular weight is 1220 g/mol. The molecule has 20 rings (SSSR count). The summed E-state index contributed by atoms with van der Waals surface area (Å²) in [5.41, 5.74) is 22.5. The van der Waals surface area contributed by atoms with Crippen LogP contribution in [0.2, 0.25) is 0 Å². The van der Waals surface area contributed by atoms with Crippen LogP contribution in [0.25, 0.3) is 32.3 Å². The van der Waals surface area contributed by atoms with Crippen molar-refractivity contribution in [2.24, 2.45) is 0 Å². The summed E-state index contributed by atoms with van der Waals surface area (Å²) in [6, 6.07) is 111. The molecule has 0 saturated carbocycles. The Kier molecular flexibility index (Phi) is 9.68. The van der Waals surface area contributed by atoms with Gasteiger partial charge in [0.05, 0.1) is 0 Å². The van der Waals surface area contributed by atoms with Crippen LogP contribution in [-0.4, -0.2) is 28.7 Å². The Morgan fingerprint density at radius 3 is 0.791 bits per heavy atom. The summed E-state index contributed by atoms with van der Waals surface area (Å²) in [5.74, 6) is 0. The number of nitrogens with zero attached hydrogens (tertiary/aromatic N) is 6. The third kappa shape index (κ3) is 6.16. The molecule has 2 unspecified atom stereocenters. The fourth-order valence-corrected chi connectivity index (χ4v) is 33.1. The molecule has 0 saturated heterocycles. The molecule has 8 heteroatoms. The van der Waals surface area contributed by atoms with Crippen molar-refractivity contribution in [2.45, 2.75) is 0 Å². The normalized spacial score (nSPS) is 15.8. The van der Waals surface area contributed by atoms with Gasteiger partial charge in [0.15, 0.2) is 0 Å². The molecule has 0 fully saturated rings. The predicted octanol–water partition coefficient (Wildman–Crippen LogP) is 16.3. The zero-order chi connectivity index (χ0) is 55.9. The number of benzene rings is 14. The van der Waals surface area contributed by atoms with Crippen molar-refractivity contribution in [2.75, 3.05) is 29.4 Å². The van der Waals surface area contributed by atoms with Gasteiger partial charge in [0.25, 0.3) is 0 Å². The zero-order valence-electron chi connectivity index (χ0n) is 46.6. The van der Waals surface area contributed by atoms with E-state index >= 15 is 0 Å². The molecule has 6 aliphatic heterocycles. The Balaban J connectivity index is 1.02.